The number of aromatic nitrogens is 8. The van der Waals surface area contributed by atoms with Crippen LogP contribution in [0.5, 0.6) is 0 Å². The lowest BCUT2D eigenvalue weighted by atomic mass is 9.91. The van der Waals surface area contributed by atoms with Crippen molar-refractivity contribution in [2.75, 3.05) is 5.32 Å². The minimum absolute atomic E-state index is 0.147. The van der Waals surface area contributed by atoms with Crippen molar-refractivity contribution in [3.8, 4) is 28.5 Å². The molecule has 6 rings (SSSR count). The Morgan fingerprint density at radius 2 is 1.92 bits per heavy atom. The largest absolute Gasteiger partial charge is 0.358 e. The number of benzene rings is 1. The van der Waals surface area contributed by atoms with Gasteiger partial charge in [0.25, 0.3) is 0 Å². The number of H-pyrrole nitrogens is 2. The maximum Gasteiger partial charge on any atom is 0.161 e. The average molecular weight is 504 g/mol. The predicted molar refractivity (Wildman–Crippen MR) is 151 cm³/mol. The van der Waals surface area contributed by atoms with Crippen molar-refractivity contribution >= 4 is 27.8 Å². The fourth-order valence-corrected chi connectivity index (χ4v) is 4.65. The highest BCUT2D eigenvalue weighted by atomic mass is 15.2. The Bertz CT molecular complexity index is 1800. The number of nitrogens with zero attached hydrogens (tertiary/aromatic N) is 6. The van der Waals surface area contributed by atoms with Crippen LogP contribution in [0.3, 0.4) is 0 Å². The van der Waals surface area contributed by atoms with Gasteiger partial charge in [-0.05, 0) is 49.1 Å². The summed E-state index contributed by atoms with van der Waals surface area (Å²) < 4.78 is 1.98. The molecule has 0 aliphatic carbocycles. The Balaban J connectivity index is 1.36. The first kappa shape index (κ1) is 23.6. The highest BCUT2D eigenvalue weighted by Crippen LogP contribution is 2.30. The van der Waals surface area contributed by atoms with Gasteiger partial charge in [0.05, 0.1) is 46.3 Å². The number of pyridine rings is 2. The van der Waals surface area contributed by atoms with Crippen LogP contribution in [0, 0.1) is 12.3 Å². The Hall–Kier alpha value is -4.79. The average Bonchev–Trinajstić information content (AvgIpc) is 3.60. The van der Waals surface area contributed by atoms with Crippen LogP contribution in [0.25, 0.3) is 50.5 Å². The van der Waals surface area contributed by atoms with E-state index in [2.05, 4.69) is 57.8 Å². The molecule has 9 heteroatoms. The molecular formula is C29H29N9. The quantitative estimate of drug-likeness (QED) is 0.242. The number of hydrogen-bond donors (Lipinski definition) is 3. The van der Waals surface area contributed by atoms with Gasteiger partial charge in [-0.25, -0.2) is 15.0 Å². The summed E-state index contributed by atoms with van der Waals surface area (Å²) in [4.78, 5) is 22.1. The molecule has 0 atom stereocenters. The van der Waals surface area contributed by atoms with Crippen molar-refractivity contribution in [2.45, 2.75) is 34.1 Å². The van der Waals surface area contributed by atoms with Gasteiger partial charge in [0.2, 0.25) is 0 Å². The maximum absolute atomic E-state index is 4.96. The molecule has 0 spiro atoms. The van der Waals surface area contributed by atoms with Crippen molar-refractivity contribution in [2.24, 2.45) is 5.41 Å². The summed E-state index contributed by atoms with van der Waals surface area (Å²) in [6.45, 7) is 12.7. The van der Waals surface area contributed by atoms with E-state index in [-0.39, 0.29) is 5.41 Å². The zero-order chi connectivity index (χ0) is 26.4. The fraction of sp³-hybridized carbons (Fsp3) is 0.207. The topological polar surface area (TPSA) is 113 Å². The number of para-hydroxylation sites is 1. The smallest absolute Gasteiger partial charge is 0.161 e. The van der Waals surface area contributed by atoms with Gasteiger partial charge in [0, 0.05) is 23.7 Å². The third kappa shape index (κ3) is 4.54. The van der Waals surface area contributed by atoms with E-state index in [0.717, 1.165) is 62.5 Å². The first-order valence-corrected chi connectivity index (χ1v) is 12.5. The first-order chi connectivity index (χ1) is 18.2. The van der Waals surface area contributed by atoms with Crippen LogP contribution in [0.4, 0.5) is 5.69 Å². The van der Waals surface area contributed by atoms with Crippen LogP contribution in [0.15, 0.2) is 73.6 Å². The van der Waals surface area contributed by atoms with Crippen LogP contribution < -0.4 is 5.32 Å². The lowest BCUT2D eigenvalue weighted by Crippen LogP contribution is -2.10. The Morgan fingerprint density at radius 1 is 1.05 bits per heavy atom. The van der Waals surface area contributed by atoms with E-state index in [1.54, 1.807) is 12.5 Å². The number of rotatable bonds is 6. The molecule has 3 N–H and O–H groups in total. The lowest BCUT2D eigenvalue weighted by molar-refractivity contribution is 0.411. The van der Waals surface area contributed by atoms with E-state index < -0.39 is 0 Å². The first-order valence-electron chi connectivity index (χ1n) is 12.5. The standard InChI is InChI=1S/C29H29N9/c1-17(12-29(3,4)5)32-20-11-19(13-30-14-20)21-9-10-23-26(33-21)27(37-36-23)28-34-22-7-6-8-24(25(22)35-28)38-15-18(2)31-16-38/h6-11,13-16,32H,1,12H2,2-5H3,(H,34,35)(H,36,37). The zero-order valence-electron chi connectivity index (χ0n) is 21.9. The van der Waals surface area contributed by atoms with Crippen LogP contribution in [-0.4, -0.2) is 39.7 Å². The van der Waals surface area contributed by atoms with Crippen molar-refractivity contribution in [3.63, 3.8) is 0 Å². The van der Waals surface area contributed by atoms with Crippen LogP contribution in [0.2, 0.25) is 0 Å². The number of nitrogens with one attached hydrogen (secondary N) is 3. The molecular weight excluding hydrogens is 474 g/mol. The van der Waals surface area contributed by atoms with E-state index in [1.165, 1.54) is 0 Å². The molecule has 0 aliphatic rings. The highest BCUT2D eigenvalue weighted by Gasteiger charge is 2.17. The molecule has 9 nitrogen and oxygen atoms in total. The molecule has 0 saturated carbocycles. The van der Waals surface area contributed by atoms with Gasteiger partial charge in [-0.3, -0.25) is 10.1 Å². The van der Waals surface area contributed by atoms with Crippen LogP contribution >= 0.6 is 0 Å². The summed E-state index contributed by atoms with van der Waals surface area (Å²) >= 11 is 0. The summed E-state index contributed by atoms with van der Waals surface area (Å²) in [5.41, 5.74) is 9.53. The van der Waals surface area contributed by atoms with Gasteiger partial charge in [-0.2, -0.15) is 5.10 Å². The van der Waals surface area contributed by atoms with E-state index in [4.69, 9.17) is 9.97 Å². The van der Waals surface area contributed by atoms with E-state index in [1.807, 2.05) is 60.3 Å². The molecule has 0 unspecified atom stereocenters. The summed E-state index contributed by atoms with van der Waals surface area (Å²) in [6.07, 6.45) is 8.25. The molecule has 0 bridgehead atoms. The molecule has 0 fully saturated rings. The highest BCUT2D eigenvalue weighted by molar-refractivity contribution is 5.93. The minimum atomic E-state index is 0.147. The number of fused-ring (bicyclic) bond motifs is 2. The second-order valence-corrected chi connectivity index (χ2v) is 10.8. The third-order valence-corrected chi connectivity index (χ3v) is 6.21. The molecule has 38 heavy (non-hydrogen) atoms. The van der Waals surface area contributed by atoms with Gasteiger partial charge < -0.3 is 14.9 Å². The second kappa shape index (κ2) is 8.95. The molecule has 6 aromatic rings. The molecule has 0 saturated heterocycles. The van der Waals surface area contributed by atoms with Gasteiger partial charge in [-0.1, -0.05) is 33.4 Å². The van der Waals surface area contributed by atoms with Gasteiger partial charge in [0.1, 0.15) is 11.0 Å². The summed E-state index contributed by atoms with van der Waals surface area (Å²) in [6, 6.07) is 12.0. The normalized spacial score (nSPS) is 11.9. The molecule has 0 amide bonds. The molecule has 190 valence electrons. The fourth-order valence-electron chi connectivity index (χ4n) is 4.65. The number of aryl methyl sites for hydroxylation is 1. The third-order valence-electron chi connectivity index (χ3n) is 6.21. The Morgan fingerprint density at radius 3 is 2.71 bits per heavy atom. The lowest BCUT2D eigenvalue weighted by Gasteiger charge is -2.20. The molecule has 0 aliphatic heterocycles. The second-order valence-electron chi connectivity index (χ2n) is 10.8. The van der Waals surface area contributed by atoms with Crippen LogP contribution in [-0.2, 0) is 0 Å². The summed E-state index contributed by atoms with van der Waals surface area (Å²) in [5.74, 6) is 0.646. The van der Waals surface area contributed by atoms with Gasteiger partial charge in [-0.15, -0.1) is 0 Å². The number of hydrogen-bond acceptors (Lipinski definition) is 6. The SMILES string of the molecule is C=C(CC(C)(C)C)Nc1cncc(-c2ccc3[nH]nc(-c4nc5c(-n6cnc(C)c6)cccc5[nH]4)c3n2)c1. The van der Waals surface area contributed by atoms with E-state index >= 15 is 0 Å². The number of anilines is 1. The minimum Gasteiger partial charge on any atom is -0.358 e. The monoisotopic (exact) mass is 503 g/mol. The number of imidazole rings is 2. The van der Waals surface area contributed by atoms with E-state index in [9.17, 15) is 0 Å². The molecule has 0 radical (unpaired) electrons. The summed E-state index contributed by atoms with van der Waals surface area (Å²) in [7, 11) is 0. The van der Waals surface area contributed by atoms with Crippen LogP contribution in [0.1, 0.15) is 32.9 Å². The van der Waals surface area contributed by atoms with Crippen molar-refractivity contribution < 1.29 is 0 Å². The van der Waals surface area contributed by atoms with Gasteiger partial charge in [0.15, 0.2) is 11.5 Å². The Labute approximate surface area is 220 Å². The molecule has 5 aromatic heterocycles. The van der Waals surface area contributed by atoms with Crippen molar-refractivity contribution in [1.82, 2.24) is 39.7 Å². The Kier molecular flexibility index (Phi) is 5.56. The number of allylic oxidation sites excluding steroid dienone is 1. The van der Waals surface area contributed by atoms with Crippen molar-refractivity contribution in [3.05, 3.63) is 79.3 Å². The van der Waals surface area contributed by atoms with E-state index in [0.29, 0.717) is 11.5 Å². The van der Waals surface area contributed by atoms with Gasteiger partial charge >= 0.3 is 0 Å². The molecule has 5 heterocycles. The predicted octanol–water partition coefficient (Wildman–Crippen LogP) is 6.42. The maximum atomic E-state index is 4.96. The van der Waals surface area contributed by atoms with Crippen molar-refractivity contribution in [1.29, 1.82) is 0 Å². The zero-order valence-corrected chi connectivity index (χ0v) is 21.9. The molecule has 1 aromatic carbocycles. The summed E-state index contributed by atoms with van der Waals surface area (Å²) in [5, 5.41) is 11.0. The number of aromatic amines is 2.